The normalized spacial score (nSPS) is 17.0. The lowest BCUT2D eigenvalue weighted by atomic mass is 9.86. The first-order valence-corrected chi connectivity index (χ1v) is 15.0. The van der Waals surface area contributed by atoms with Gasteiger partial charge in [0.2, 0.25) is 5.91 Å². The van der Waals surface area contributed by atoms with Crippen molar-refractivity contribution in [1.82, 2.24) is 15.5 Å². The lowest BCUT2D eigenvalue weighted by molar-refractivity contribution is -0.163. The molecule has 1 amide bonds. The summed E-state index contributed by atoms with van der Waals surface area (Å²) in [5.74, 6) is -4.30. The number of carboxylic acid groups (broad SMARTS) is 1. The van der Waals surface area contributed by atoms with Gasteiger partial charge in [-0.05, 0) is 69.2 Å². The number of hydrogen-bond donors (Lipinski definition) is 5. The predicted molar refractivity (Wildman–Crippen MR) is 167 cm³/mol. The Morgan fingerprint density at radius 1 is 0.955 bits per heavy atom. The van der Waals surface area contributed by atoms with Crippen LogP contribution in [0.15, 0.2) is 65.7 Å². The van der Waals surface area contributed by atoms with Crippen molar-refractivity contribution in [2.45, 2.75) is 56.5 Å². The van der Waals surface area contributed by atoms with E-state index in [9.17, 15) is 24.3 Å². The van der Waals surface area contributed by atoms with E-state index < -0.39 is 48.9 Å². The molecule has 1 fully saturated rings. The van der Waals surface area contributed by atoms with Crippen LogP contribution in [-0.4, -0.2) is 85.1 Å². The number of nitrogens with one attached hydrogen (secondary N) is 2. The van der Waals surface area contributed by atoms with E-state index in [0.29, 0.717) is 42.5 Å². The first-order valence-electron chi connectivity index (χ1n) is 15.0. The van der Waals surface area contributed by atoms with Gasteiger partial charge in [0.15, 0.2) is 5.96 Å². The summed E-state index contributed by atoms with van der Waals surface area (Å²) in [6.45, 7) is -0.583. The Kier molecular flexibility index (Phi) is 13.8. The van der Waals surface area contributed by atoms with Crippen molar-refractivity contribution in [2.24, 2.45) is 22.4 Å². The number of hydrogen-bond acceptors (Lipinski definition) is 8. The number of guanidine groups is 1. The summed E-state index contributed by atoms with van der Waals surface area (Å²) in [6, 6.07) is 17.5. The van der Waals surface area contributed by atoms with E-state index in [1.165, 1.54) is 0 Å². The molecular formula is C32H44N6O6. The topological polar surface area (TPSA) is 189 Å². The molecule has 0 saturated heterocycles. The van der Waals surface area contributed by atoms with Gasteiger partial charge in [0.25, 0.3) is 0 Å². The summed E-state index contributed by atoms with van der Waals surface area (Å²) in [7, 11) is 1.95. The number of aliphatic carboxylic acids is 1. The average molecular weight is 609 g/mol. The predicted octanol–water partition coefficient (Wildman–Crippen LogP) is 1.59. The number of carbonyl (C=O) groups excluding carboxylic acids is 3. The molecule has 2 aromatic carbocycles. The smallest absolute Gasteiger partial charge is 0.333 e. The maximum atomic E-state index is 13.7. The van der Waals surface area contributed by atoms with Crippen LogP contribution >= 0.6 is 0 Å². The first kappa shape index (κ1) is 34.2. The van der Waals surface area contributed by atoms with E-state index in [1.54, 1.807) is 48.5 Å². The zero-order valence-electron chi connectivity index (χ0n) is 25.2. The Morgan fingerprint density at radius 3 is 2.07 bits per heavy atom. The van der Waals surface area contributed by atoms with Gasteiger partial charge < -0.3 is 36.8 Å². The van der Waals surface area contributed by atoms with Crippen LogP contribution in [0.25, 0.3) is 0 Å². The Hall–Kier alpha value is -4.29. The quantitative estimate of drug-likeness (QED) is 0.0615. The van der Waals surface area contributed by atoms with Crippen molar-refractivity contribution in [2.75, 3.05) is 33.2 Å². The molecule has 1 atom stereocenters. The summed E-state index contributed by atoms with van der Waals surface area (Å²) < 4.78 is 5.23. The number of ether oxygens (including phenoxy) is 1. The number of nitrogens with two attached hydrogens (primary N) is 2. The lowest BCUT2D eigenvalue weighted by Crippen LogP contribution is -2.51. The second-order valence-corrected chi connectivity index (χ2v) is 11.1. The van der Waals surface area contributed by atoms with Gasteiger partial charge in [-0.15, -0.1) is 0 Å². The summed E-state index contributed by atoms with van der Waals surface area (Å²) in [6.07, 6.45) is 4.81. The van der Waals surface area contributed by atoms with E-state index in [0.717, 1.165) is 30.6 Å². The molecular weight excluding hydrogens is 564 g/mol. The van der Waals surface area contributed by atoms with Crippen LogP contribution in [-0.2, 0) is 23.9 Å². The van der Waals surface area contributed by atoms with E-state index in [2.05, 4.69) is 15.6 Å². The van der Waals surface area contributed by atoms with Gasteiger partial charge in [-0.3, -0.25) is 19.4 Å². The summed E-state index contributed by atoms with van der Waals surface area (Å²) in [4.78, 5) is 56.6. The van der Waals surface area contributed by atoms with E-state index in [4.69, 9.17) is 16.2 Å². The highest BCUT2D eigenvalue weighted by atomic mass is 16.6. The third-order valence-electron chi connectivity index (χ3n) is 7.83. The molecule has 7 N–H and O–H groups in total. The summed E-state index contributed by atoms with van der Waals surface area (Å²) in [5, 5.41) is 16.2. The molecule has 1 saturated carbocycles. The molecule has 12 heteroatoms. The molecule has 0 bridgehead atoms. The number of aliphatic imine (C=N–C) groups is 1. The van der Waals surface area contributed by atoms with Crippen molar-refractivity contribution < 1.29 is 29.0 Å². The zero-order valence-corrected chi connectivity index (χ0v) is 25.2. The van der Waals surface area contributed by atoms with Crippen molar-refractivity contribution in [3.63, 3.8) is 0 Å². The fourth-order valence-corrected chi connectivity index (χ4v) is 5.49. The molecule has 1 aliphatic carbocycles. The number of carboxylic acids is 1. The van der Waals surface area contributed by atoms with Gasteiger partial charge in [-0.25, -0.2) is 4.79 Å². The largest absolute Gasteiger partial charge is 0.480 e. The van der Waals surface area contributed by atoms with Crippen LogP contribution in [0, 0.1) is 5.92 Å². The summed E-state index contributed by atoms with van der Waals surface area (Å²) >= 11 is 0. The highest BCUT2D eigenvalue weighted by Gasteiger charge is 2.31. The van der Waals surface area contributed by atoms with Crippen molar-refractivity contribution in [1.29, 1.82) is 0 Å². The maximum absolute atomic E-state index is 13.7. The van der Waals surface area contributed by atoms with Gasteiger partial charge in [0.05, 0.1) is 6.04 Å². The van der Waals surface area contributed by atoms with Crippen LogP contribution in [0.5, 0.6) is 0 Å². The van der Waals surface area contributed by atoms with Crippen molar-refractivity contribution >= 4 is 29.8 Å². The Labute approximate surface area is 258 Å². The molecule has 2 aromatic rings. The maximum Gasteiger partial charge on any atom is 0.333 e. The monoisotopic (exact) mass is 608 g/mol. The molecule has 12 nitrogen and oxygen atoms in total. The van der Waals surface area contributed by atoms with E-state index in [1.807, 2.05) is 19.2 Å². The number of nitrogens with zero attached hydrogens (tertiary/aromatic N) is 2. The molecule has 0 heterocycles. The third kappa shape index (κ3) is 11.1. The number of amides is 1. The Morgan fingerprint density at radius 2 is 1.55 bits per heavy atom. The Bertz CT molecular complexity index is 1210. The van der Waals surface area contributed by atoms with Crippen LogP contribution in [0.1, 0.15) is 55.6 Å². The molecule has 3 rings (SSSR count). The molecule has 0 aromatic heterocycles. The fourth-order valence-electron chi connectivity index (χ4n) is 5.49. The highest BCUT2D eigenvalue weighted by molar-refractivity contribution is 5.94. The van der Waals surface area contributed by atoms with E-state index in [-0.39, 0.29) is 12.5 Å². The second-order valence-electron chi connectivity index (χ2n) is 11.1. The average Bonchev–Trinajstić information content (AvgIpc) is 3.01. The number of benzene rings is 2. The minimum Gasteiger partial charge on any atom is -0.480 e. The third-order valence-corrected chi connectivity index (χ3v) is 7.83. The zero-order chi connectivity index (χ0) is 31.9. The molecule has 0 aliphatic heterocycles. The molecule has 0 spiro atoms. The van der Waals surface area contributed by atoms with Gasteiger partial charge in [0, 0.05) is 12.6 Å². The molecule has 1 aliphatic rings. The lowest BCUT2D eigenvalue weighted by Gasteiger charge is -2.31. The number of carbonyl (C=O) groups is 4. The standard InChI is InChI=1S/C32H44N6O6/c1-35-25-16-14-22(15-17-25)19-37-26(13-8-18-36-32(33)34)30(42)38(20-27(39)40)21-28(41)44-31(43)29(23-9-4-2-5-10-23)24-11-6-3-7-12-24/h2-7,9-12,22,25-26,29,35,37H,8,13-21H2,1H3,(H,39,40)(H4,33,34,36)/t22?,25?,26-/m0/s1. The minimum atomic E-state index is -1.30. The van der Waals surface area contributed by atoms with Gasteiger partial charge in [0.1, 0.15) is 19.0 Å². The fraction of sp³-hybridized carbons (Fsp3) is 0.469. The molecule has 44 heavy (non-hydrogen) atoms. The Balaban J connectivity index is 1.72. The molecule has 0 unspecified atom stereocenters. The van der Waals surface area contributed by atoms with Crippen LogP contribution in [0.2, 0.25) is 0 Å². The minimum absolute atomic E-state index is 0.0636. The number of rotatable bonds is 16. The molecule has 238 valence electrons. The van der Waals surface area contributed by atoms with Gasteiger partial charge >= 0.3 is 17.9 Å². The van der Waals surface area contributed by atoms with E-state index >= 15 is 0 Å². The van der Waals surface area contributed by atoms with Crippen molar-refractivity contribution in [3.05, 3.63) is 71.8 Å². The van der Waals surface area contributed by atoms with Gasteiger partial charge in [-0.1, -0.05) is 60.7 Å². The van der Waals surface area contributed by atoms with Crippen LogP contribution in [0.3, 0.4) is 0 Å². The second kappa shape index (κ2) is 17.7. The first-order chi connectivity index (χ1) is 21.2. The SMILES string of the molecule is CNC1CCC(CN[C@@H](CCCN=C(N)N)C(=O)N(CC(=O)O)CC(=O)OC(=O)C(c2ccccc2)c2ccccc2)CC1. The van der Waals surface area contributed by atoms with Gasteiger partial charge in [-0.2, -0.15) is 0 Å². The summed E-state index contributed by atoms with van der Waals surface area (Å²) in [5.41, 5.74) is 12.1. The highest BCUT2D eigenvalue weighted by Crippen LogP contribution is 2.26. The van der Waals surface area contributed by atoms with Crippen LogP contribution < -0.4 is 22.1 Å². The van der Waals surface area contributed by atoms with Crippen molar-refractivity contribution in [3.8, 4) is 0 Å². The molecule has 0 radical (unpaired) electrons. The number of esters is 2. The van der Waals surface area contributed by atoms with Crippen LogP contribution in [0.4, 0.5) is 0 Å².